The largest absolute Gasteiger partial charge is 0.439 e. The molecule has 0 aromatic heterocycles. The molecule has 0 unspecified atom stereocenters. The average molecular weight is 352 g/mol. The fourth-order valence-electron chi connectivity index (χ4n) is 1.96. The molecule has 0 atom stereocenters. The van der Waals surface area contributed by atoms with Crippen molar-refractivity contribution in [2.75, 3.05) is 16.0 Å². The van der Waals surface area contributed by atoms with Crippen LogP contribution in [-0.4, -0.2) is 5.11 Å². The van der Waals surface area contributed by atoms with E-state index in [-0.39, 0.29) is 0 Å². The van der Waals surface area contributed by atoms with Crippen molar-refractivity contribution in [3.63, 3.8) is 0 Å². The van der Waals surface area contributed by atoms with E-state index < -0.39 is 0 Å². The van der Waals surface area contributed by atoms with Crippen molar-refractivity contribution < 1.29 is 4.74 Å². The van der Waals surface area contributed by atoms with Gasteiger partial charge in [-0.05, 0) is 49.1 Å². The third kappa shape index (κ3) is 3.27. The lowest BCUT2D eigenvalue weighted by Crippen LogP contribution is -2.18. The lowest BCUT2D eigenvalue weighted by atomic mass is 10.2. The summed E-state index contributed by atoms with van der Waals surface area (Å²) in [6, 6.07) is 10.8. The molecule has 7 heteroatoms. The first-order valence-electron chi connectivity index (χ1n) is 6.32. The summed E-state index contributed by atoms with van der Waals surface area (Å²) in [5, 5.41) is 10.5. The lowest BCUT2D eigenvalue weighted by molar-refractivity contribution is 0.460. The minimum Gasteiger partial charge on any atom is -0.439 e. The standard InChI is InChI=1S/C15H11Cl2N3OS/c1-8-18-13-5-3-10(7-14(13)21-8)20-15(22)19-9-2-4-11(16)12(17)6-9/h2-7,18H,1H2,(H2,19,20,22). The van der Waals surface area contributed by atoms with E-state index in [1.807, 2.05) is 18.2 Å². The van der Waals surface area contributed by atoms with Crippen LogP contribution in [-0.2, 0) is 0 Å². The van der Waals surface area contributed by atoms with Crippen LogP contribution in [0.1, 0.15) is 0 Å². The molecule has 0 saturated heterocycles. The Morgan fingerprint density at radius 1 is 1.05 bits per heavy atom. The molecule has 0 fully saturated rings. The molecule has 1 aliphatic rings. The van der Waals surface area contributed by atoms with Gasteiger partial charge < -0.3 is 20.7 Å². The number of rotatable bonds is 2. The van der Waals surface area contributed by atoms with Crippen LogP contribution in [0.5, 0.6) is 5.75 Å². The van der Waals surface area contributed by atoms with Gasteiger partial charge in [0.15, 0.2) is 16.7 Å². The monoisotopic (exact) mass is 351 g/mol. The fourth-order valence-corrected chi connectivity index (χ4v) is 2.50. The molecule has 112 valence electrons. The quantitative estimate of drug-likeness (QED) is 0.658. The molecule has 0 spiro atoms. The van der Waals surface area contributed by atoms with Crippen LogP contribution in [0.3, 0.4) is 0 Å². The summed E-state index contributed by atoms with van der Waals surface area (Å²) < 4.78 is 5.43. The predicted octanol–water partition coefficient (Wildman–Crippen LogP) is 5.08. The Balaban J connectivity index is 1.68. The van der Waals surface area contributed by atoms with Crippen molar-refractivity contribution in [2.24, 2.45) is 0 Å². The van der Waals surface area contributed by atoms with Gasteiger partial charge in [0.25, 0.3) is 0 Å². The molecule has 2 aromatic carbocycles. The third-order valence-electron chi connectivity index (χ3n) is 2.92. The van der Waals surface area contributed by atoms with Gasteiger partial charge in [0.05, 0.1) is 15.7 Å². The Bertz CT molecular complexity index is 779. The summed E-state index contributed by atoms with van der Waals surface area (Å²) in [6.45, 7) is 3.72. The molecule has 3 rings (SSSR count). The van der Waals surface area contributed by atoms with Crippen LogP contribution in [0, 0.1) is 0 Å². The van der Waals surface area contributed by atoms with Gasteiger partial charge in [0.1, 0.15) is 0 Å². The molecule has 0 aliphatic carbocycles. The molecule has 3 N–H and O–H groups in total. The first-order chi connectivity index (χ1) is 10.5. The second-order valence-corrected chi connectivity index (χ2v) is 5.79. The van der Waals surface area contributed by atoms with Crippen LogP contribution in [0.15, 0.2) is 48.9 Å². The summed E-state index contributed by atoms with van der Waals surface area (Å²) in [7, 11) is 0. The van der Waals surface area contributed by atoms with Gasteiger partial charge in [0.2, 0.25) is 0 Å². The fraction of sp³-hybridized carbons (Fsp3) is 0. The smallest absolute Gasteiger partial charge is 0.190 e. The summed E-state index contributed by atoms with van der Waals surface area (Å²) in [6.07, 6.45) is 0. The highest BCUT2D eigenvalue weighted by Gasteiger charge is 2.15. The topological polar surface area (TPSA) is 45.3 Å². The summed E-state index contributed by atoms with van der Waals surface area (Å²) >= 11 is 17.1. The number of halogens is 2. The maximum absolute atomic E-state index is 5.97. The van der Waals surface area contributed by atoms with Crippen LogP contribution in [0.25, 0.3) is 0 Å². The highest BCUT2D eigenvalue weighted by atomic mass is 35.5. The van der Waals surface area contributed by atoms with E-state index in [1.165, 1.54) is 0 Å². The Morgan fingerprint density at radius 3 is 2.45 bits per heavy atom. The van der Waals surface area contributed by atoms with E-state index in [2.05, 4.69) is 22.5 Å². The molecule has 22 heavy (non-hydrogen) atoms. The number of hydrogen-bond donors (Lipinski definition) is 3. The van der Waals surface area contributed by atoms with Gasteiger partial charge >= 0.3 is 0 Å². The Morgan fingerprint density at radius 2 is 1.73 bits per heavy atom. The molecule has 0 saturated carbocycles. The molecular weight excluding hydrogens is 341 g/mol. The Labute approximate surface area is 143 Å². The first-order valence-corrected chi connectivity index (χ1v) is 7.48. The molecule has 1 heterocycles. The lowest BCUT2D eigenvalue weighted by Gasteiger charge is -2.11. The zero-order valence-electron chi connectivity index (χ0n) is 11.2. The number of fused-ring (bicyclic) bond motifs is 1. The summed E-state index contributed by atoms with van der Waals surface area (Å²) in [5.74, 6) is 1.20. The minimum atomic E-state index is 0.433. The van der Waals surface area contributed by atoms with E-state index in [9.17, 15) is 0 Å². The SMILES string of the molecule is C=C1Nc2ccc(NC(=S)Nc3ccc(Cl)c(Cl)c3)cc2O1. The van der Waals surface area contributed by atoms with E-state index in [4.69, 9.17) is 40.2 Å². The number of anilines is 3. The zero-order valence-corrected chi connectivity index (χ0v) is 13.6. The predicted molar refractivity (Wildman–Crippen MR) is 96.1 cm³/mol. The van der Waals surface area contributed by atoms with Gasteiger partial charge in [-0.25, -0.2) is 0 Å². The average Bonchev–Trinajstić information content (AvgIpc) is 2.82. The first kappa shape index (κ1) is 15.0. The van der Waals surface area contributed by atoms with Crippen LogP contribution in [0.4, 0.5) is 17.1 Å². The van der Waals surface area contributed by atoms with Crippen molar-refractivity contribution >= 4 is 57.6 Å². The van der Waals surface area contributed by atoms with Gasteiger partial charge in [0, 0.05) is 17.4 Å². The third-order valence-corrected chi connectivity index (χ3v) is 3.87. The maximum atomic E-state index is 5.97. The molecule has 0 bridgehead atoms. The van der Waals surface area contributed by atoms with Gasteiger partial charge in [-0.1, -0.05) is 23.2 Å². The molecular formula is C15H11Cl2N3OS. The Hall–Kier alpha value is -1.95. The molecule has 4 nitrogen and oxygen atoms in total. The van der Waals surface area contributed by atoms with Gasteiger partial charge in [-0.2, -0.15) is 0 Å². The Kier molecular flexibility index (Phi) is 4.11. The molecule has 2 aromatic rings. The maximum Gasteiger partial charge on any atom is 0.190 e. The number of benzene rings is 2. The highest BCUT2D eigenvalue weighted by molar-refractivity contribution is 7.80. The number of ether oxygens (including phenoxy) is 1. The van der Waals surface area contributed by atoms with E-state index in [0.717, 1.165) is 17.1 Å². The second-order valence-electron chi connectivity index (χ2n) is 4.57. The minimum absolute atomic E-state index is 0.433. The molecule has 0 radical (unpaired) electrons. The second kappa shape index (κ2) is 6.04. The van der Waals surface area contributed by atoms with Crippen molar-refractivity contribution in [2.45, 2.75) is 0 Å². The molecule has 0 amide bonds. The van der Waals surface area contributed by atoms with E-state index in [0.29, 0.717) is 26.8 Å². The zero-order chi connectivity index (χ0) is 15.7. The van der Waals surface area contributed by atoms with Gasteiger partial charge in [-0.15, -0.1) is 0 Å². The van der Waals surface area contributed by atoms with Crippen molar-refractivity contribution in [3.8, 4) is 5.75 Å². The van der Waals surface area contributed by atoms with Crippen LogP contribution >= 0.6 is 35.4 Å². The van der Waals surface area contributed by atoms with Crippen molar-refractivity contribution in [3.05, 3.63) is 58.9 Å². The number of nitrogens with one attached hydrogen (secondary N) is 3. The van der Waals surface area contributed by atoms with Crippen LogP contribution in [0.2, 0.25) is 10.0 Å². The normalized spacial score (nSPS) is 12.2. The molecule has 1 aliphatic heterocycles. The number of hydrogen-bond acceptors (Lipinski definition) is 3. The van der Waals surface area contributed by atoms with Crippen molar-refractivity contribution in [1.29, 1.82) is 0 Å². The summed E-state index contributed by atoms with van der Waals surface area (Å²) in [5.41, 5.74) is 2.42. The number of thiocarbonyl (C=S) groups is 1. The summed E-state index contributed by atoms with van der Waals surface area (Å²) in [4.78, 5) is 0. The van der Waals surface area contributed by atoms with Gasteiger partial charge in [-0.3, -0.25) is 0 Å². The van der Waals surface area contributed by atoms with Crippen molar-refractivity contribution in [1.82, 2.24) is 0 Å². The van der Waals surface area contributed by atoms with E-state index in [1.54, 1.807) is 18.2 Å². The van der Waals surface area contributed by atoms with Crippen LogP contribution < -0.4 is 20.7 Å². The van der Waals surface area contributed by atoms with E-state index >= 15 is 0 Å². The highest BCUT2D eigenvalue weighted by Crippen LogP contribution is 2.35.